The Labute approximate surface area is 211 Å². The van der Waals surface area contributed by atoms with Crippen molar-refractivity contribution in [2.75, 3.05) is 21.3 Å². The van der Waals surface area contributed by atoms with Gasteiger partial charge in [0.15, 0.2) is 9.71 Å². The third kappa shape index (κ3) is 4.35. The Hall–Kier alpha value is -3.14. The van der Waals surface area contributed by atoms with E-state index in [-0.39, 0.29) is 15.7 Å². The maximum Gasteiger partial charge on any atom is 0.236 e. The van der Waals surface area contributed by atoms with Crippen LogP contribution < -0.4 is 9.03 Å². The predicted molar refractivity (Wildman–Crippen MR) is 138 cm³/mol. The van der Waals surface area contributed by atoms with Crippen LogP contribution in [-0.2, 0) is 24.5 Å². The van der Waals surface area contributed by atoms with Gasteiger partial charge in [-0.15, -0.1) is 0 Å². The molecular formula is C23H16Cl2N4O4S2. The monoisotopic (exact) mass is 546 g/mol. The van der Waals surface area contributed by atoms with E-state index in [0.717, 1.165) is 10.9 Å². The third-order valence-corrected chi connectivity index (χ3v) is 9.76. The van der Waals surface area contributed by atoms with Gasteiger partial charge in [-0.05, 0) is 54.6 Å². The highest BCUT2D eigenvalue weighted by atomic mass is 35.5. The first-order chi connectivity index (χ1) is 16.7. The maximum absolute atomic E-state index is 13.5. The molecule has 0 saturated carbocycles. The van der Waals surface area contributed by atoms with Gasteiger partial charge in [-0.1, -0.05) is 23.2 Å². The second kappa shape index (κ2) is 8.82. The lowest BCUT2D eigenvalue weighted by Crippen LogP contribution is -2.47. The summed E-state index contributed by atoms with van der Waals surface area (Å²) in [6.07, 6.45) is 3.34. The fourth-order valence-corrected chi connectivity index (χ4v) is 6.79. The number of nitrogens with zero attached hydrogens (tertiary/aromatic N) is 3. The van der Waals surface area contributed by atoms with Crippen LogP contribution in [0.1, 0.15) is 0 Å². The number of pyridine rings is 2. The molecule has 0 aliphatic carbocycles. The summed E-state index contributed by atoms with van der Waals surface area (Å²) in [6.45, 7) is 0.332. The van der Waals surface area contributed by atoms with E-state index in [2.05, 4.69) is 14.7 Å². The molecule has 1 saturated heterocycles. The molecule has 1 fully saturated rings. The van der Waals surface area contributed by atoms with Crippen molar-refractivity contribution in [3.05, 3.63) is 77.0 Å². The second-order valence-electron chi connectivity index (χ2n) is 7.70. The maximum atomic E-state index is 13.5. The Morgan fingerprint density at radius 3 is 2.54 bits per heavy atom. The number of fused-ring (bicyclic) bond motifs is 1. The van der Waals surface area contributed by atoms with E-state index in [1.165, 1.54) is 22.5 Å². The van der Waals surface area contributed by atoms with Crippen molar-refractivity contribution in [3.63, 3.8) is 0 Å². The summed E-state index contributed by atoms with van der Waals surface area (Å²) >= 11 is 12.7. The van der Waals surface area contributed by atoms with E-state index in [4.69, 9.17) is 23.2 Å². The second-order valence-corrected chi connectivity index (χ2v) is 12.5. The molecule has 5 rings (SSSR count). The molecule has 0 bridgehead atoms. The highest BCUT2D eigenvalue weighted by Gasteiger charge is 2.33. The average molecular weight is 547 g/mol. The molecule has 8 nitrogen and oxygen atoms in total. The molecule has 0 amide bonds. The van der Waals surface area contributed by atoms with Crippen LogP contribution in [0.5, 0.6) is 0 Å². The van der Waals surface area contributed by atoms with Gasteiger partial charge in [-0.3, -0.25) is 9.29 Å². The molecule has 1 aliphatic heterocycles. The molecule has 4 aromatic rings. The molecule has 1 aliphatic rings. The van der Waals surface area contributed by atoms with Gasteiger partial charge in [0, 0.05) is 35.6 Å². The number of sulfonamides is 1. The van der Waals surface area contributed by atoms with Crippen molar-refractivity contribution in [2.45, 2.75) is 4.90 Å². The molecule has 35 heavy (non-hydrogen) atoms. The molecule has 2 aromatic carbocycles. The molecule has 0 spiro atoms. The lowest BCUT2D eigenvalue weighted by Gasteiger charge is -2.32. The summed E-state index contributed by atoms with van der Waals surface area (Å²) in [6, 6.07) is 14.4. The molecule has 1 atom stereocenters. The summed E-state index contributed by atoms with van der Waals surface area (Å²) in [5.41, 5.74) is 2.54. The van der Waals surface area contributed by atoms with Crippen LogP contribution in [-0.4, -0.2) is 40.1 Å². The van der Waals surface area contributed by atoms with Gasteiger partial charge in [0.2, 0.25) is 15.3 Å². The number of halogens is 2. The van der Waals surface area contributed by atoms with Crippen LogP contribution in [0.4, 0.5) is 11.4 Å². The SMILES string of the molecule is O=C=S(=O)(Nc1ccc(Cl)c(-c2ccc3cnccc3n2)c1)c1ccc(N2CCS2(=O)=O)cc1Cl. The van der Waals surface area contributed by atoms with Gasteiger partial charge in [0.25, 0.3) is 0 Å². The number of nitrogens with one attached hydrogen (secondary N) is 1. The number of rotatable bonds is 5. The summed E-state index contributed by atoms with van der Waals surface area (Å²) in [5.74, 6) is 0.0502. The third-order valence-electron chi connectivity index (χ3n) is 5.51. The highest BCUT2D eigenvalue weighted by Crippen LogP contribution is 2.34. The van der Waals surface area contributed by atoms with Crippen LogP contribution in [0.25, 0.3) is 22.2 Å². The molecule has 1 N–H and O–H groups in total. The van der Waals surface area contributed by atoms with Gasteiger partial charge < -0.3 is 4.72 Å². The lowest BCUT2D eigenvalue weighted by molar-refractivity contribution is 0.569. The fraction of sp³-hybridized carbons (Fsp3) is 0.0870. The minimum Gasteiger partial charge on any atom is -0.300 e. The predicted octanol–water partition coefficient (Wildman–Crippen LogP) is 4.49. The Balaban J connectivity index is 1.50. The Bertz CT molecular complexity index is 1750. The van der Waals surface area contributed by atoms with Crippen molar-refractivity contribution in [2.24, 2.45) is 0 Å². The largest absolute Gasteiger partial charge is 0.300 e. The number of hydrogen-bond acceptors (Lipinski definition) is 6. The van der Waals surface area contributed by atoms with Crippen LogP contribution in [0, 0.1) is 0 Å². The standard InChI is InChI=1S/C23H16Cl2N4O4S2/c24-19-4-2-16(11-18(19)22-5-1-15-13-26-8-7-21(15)27-22)28-34(31,14-30)23-6-3-17(12-20(23)25)29-9-10-35(29,32)33/h1-8,11-13H,9-10H2,(H,28,31). The van der Waals surface area contributed by atoms with Gasteiger partial charge in [-0.25, -0.2) is 22.4 Å². The normalized spacial score (nSPS) is 16.2. The Morgan fingerprint density at radius 1 is 1.03 bits per heavy atom. The van der Waals surface area contributed by atoms with Crippen LogP contribution in [0.15, 0.2) is 71.9 Å². The zero-order chi connectivity index (χ0) is 24.8. The number of aromatic nitrogens is 2. The molecule has 2 aromatic heterocycles. The number of benzene rings is 2. The smallest absolute Gasteiger partial charge is 0.236 e. The Kier molecular flexibility index (Phi) is 5.94. The van der Waals surface area contributed by atoms with Crippen molar-refractivity contribution in [3.8, 4) is 11.3 Å². The fourth-order valence-electron chi connectivity index (χ4n) is 3.69. The molecule has 3 heterocycles. The van der Waals surface area contributed by atoms with Gasteiger partial charge >= 0.3 is 0 Å². The van der Waals surface area contributed by atoms with Crippen LogP contribution >= 0.6 is 23.2 Å². The summed E-state index contributed by atoms with van der Waals surface area (Å²) < 4.78 is 41.2. The van der Waals surface area contributed by atoms with Crippen molar-refractivity contribution >= 4 is 70.4 Å². The summed E-state index contributed by atoms with van der Waals surface area (Å²) in [4.78, 5) is 20.5. The van der Waals surface area contributed by atoms with E-state index in [9.17, 15) is 17.4 Å². The van der Waals surface area contributed by atoms with E-state index < -0.39 is 19.7 Å². The number of anilines is 2. The zero-order valence-corrected chi connectivity index (χ0v) is 21.0. The summed E-state index contributed by atoms with van der Waals surface area (Å²) in [7, 11) is -6.98. The topological polar surface area (TPSA) is 109 Å². The van der Waals surface area contributed by atoms with E-state index in [1.54, 1.807) is 48.0 Å². The molecule has 1 unspecified atom stereocenters. The quantitative estimate of drug-likeness (QED) is 0.369. The highest BCUT2D eigenvalue weighted by molar-refractivity contribution is 8.02. The first kappa shape index (κ1) is 23.6. The van der Waals surface area contributed by atoms with Crippen molar-refractivity contribution in [1.29, 1.82) is 0 Å². The zero-order valence-electron chi connectivity index (χ0n) is 17.8. The lowest BCUT2D eigenvalue weighted by atomic mass is 10.1. The van der Waals surface area contributed by atoms with Crippen LogP contribution in [0.2, 0.25) is 10.0 Å². The average Bonchev–Trinajstić information content (AvgIpc) is 2.84. The van der Waals surface area contributed by atoms with Gasteiger partial charge in [0.1, 0.15) is 0 Å². The summed E-state index contributed by atoms with van der Waals surface area (Å²) in [5, 5.41) is 2.82. The Morgan fingerprint density at radius 2 is 1.86 bits per heavy atom. The molecule has 178 valence electrons. The van der Waals surface area contributed by atoms with Crippen LogP contribution in [0.3, 0.4) is 0 Å². The first-order valence-electron chi connectivity index (χ1n) is 10.2. The number of hydrogen-bond donors (Lipinski definition) is 1. The van der Waals surface area contributed by atoms with Gasteiger partial charge in [0.05, 0.1) is 37.6 Å². The van der Waals surface area contributed by atoms with E-state index in [1.807, 2.05) is 6.07 Å². The van der Waals surface area contributed by atoms with E-state index in [0.29, 0.717) is 34.2 Å². The molecule has 0 radical (unpaired) electrons. The first-order valence-corrected chi connectivity index (χ1v) is 14.1. The van der Waals surface area contributed by atoms with Gasteiger partial charge in [-0.2, -0.15) is 0 Å². The number of carbonyl (C=O) groups excluding carboxylic acids is 1. The van der Waals surface area contributed by atoms with E-state index >= 15 is 0 Å². The minimum absolute atomic E-state index is 0.0105. The molecular weight excluding hydrogens is 531 g/mol. The van der Waals surface area contributed by atoms with Crippen molar-refractivity contribution in [1.82, 2.24) is 9.97 Å². The molecule has 12 heteroatoms. The minimum atomic E-state index is -3.62. The van der Waals surface area contributed by atoms with Crippen molar-refractivity contribution < 1.29 is 17.4 Å².